The van der Waals surface area contributed by atoms with Crippen LogP contribution in [0.5, 0.6) is 0 Å². The van der Waals surface area contributed by atoms with Gasteiger partial charge in [0, 0.05) is 12.1 Å². The highest BCUT2D eigenvalue weighted by Crippen LogP contribution is 1.96. The van der Waals surface area contributed by atoms with Gasteiger partial charge in [0.15, 0.2) is 0 Å². The lowest BCUT2D eigenvalue weighted by Gasteiger charge is -1.99. The first kappa shape index (κ1) is 11.0. The molecule has 0 spiro atoms. The van der Waals surface area contributed by atoms with Crippen molar-refractivity contribution in [1.82, 2.24) is 5.32 Å². The molecule has 0 aromatic rings. The second-order valence-corrected chi connectivity index (χ2v) is 2.88. The van der Waals surface area contributed by atoms with E-state index in [1.807, 2.05) is 6.08 Å². The van der Waals surface area contributed by atoms with Crippen molar-refractivity contribution in [2.75, 3.05) is 13.1 Å². The molecule has 0 aromatic carbocycles. The molecule has 0 aliphatic heterocycles. The molecule has 0 rings (SSSR count). The largest absolute Gasteiger partial charge is 0.313 e. The van der Waals surface area contributed by atoms with Gasteiger partial charge in [0.2, 0.25) is 0 Å². The quantitative estimate of drug-likeness (QED) is 0.587. The average molecular weight is 176 g/mol. The summed E-state index contributed by atoms with van der Waals surface area (Å²) in [4.78, 5) is 0. The highest BCUT2D eigenvalue weighted by Gasteiger charge is 1.85. The van der Waals surface area contributed by atoms with Gasteiger partial charge in [-0.25, -0.2) is 0 Å². The lowest BCUT2D eigenvalue weighted by atomic mass is 10.2. The number of unbranched alkanes of at least 4 members (excludes halogenated alkanes) is 3. The van der Waals surface area contributed by atoms with E-state index in [1.165, 1.54) is 25.7 Å². The number of halogens is 1. The summed E-state index contributed by atoms with van der Waals surface area (Å²) in [5.74, 6) is 0. The monoisotopic (exact) mass is 175 g/mol. The van der Waals surface area contributed by atoms with E-state index in [1.54, 1.807) is 5.54 Å². The van der Waals surface area contributed by atoms with Gasteiger partial charge in [-0.2, -0.15) is 0 Å². The molecule has 0 saturated heterocycles. The van der Waals surface area contributed by atoms with E-state index in [0.717, 1.165) is 13.1 Å². The molecule has 11 heavy (non-hydrogen) atoms. The first-order chi connectivity index (χ1) is 5.41. The molecule has 0 radical (unpaired) electrons. The minimum absolute atomic E-state index is 0.898. The molecular weight excluding hydrogens is 158 g/mol. The van der Waals surface area contributed by atoms with Crippen molar-refractivity contribution in [3.63, 3.8) is 0 Å². The number of rotatable bonds is 7. The minimum atomic E-state index is 0.898. The topological polar surface area (TPSA) is 12.0 Å². The summed E-state index contributed by atoms with van der Waals surface area (Å²) in [7, 11) is 0. The van der Waals surface area contributed by atoms with Crippen molar-refractivity contribution in [3.05, 3.63) is 11.6 Å². The number of hydrogen-bond donors (Lipinski definition) is 1. The van der Waals surface area contributed by atoms with Gasteiger partial charge < -0.3 is 5.32 Å². The first-order valence-electron chi connectivity index (χ1n) is 4.37. The molecule has 0 amide bonds. The first-order valence-corrected chi connectivity index (χ1v) is 4.81. The molecule has 0 saturated carbocycles. The molecule has 66 valence electrons. The van der Waals surface area contributed by atoms with Crippen LogP contribution in [0.15, 0.2) is 11.6 Å². The molecular formula is C9H18ClN. The zero-order chi connectivity index (χ0) is 8.36. The third-order valence-corrected chi connectivity index (χ3v) is 1.74. The standard InChI is InChI=1S/C9H18ClN/c1-2-3-4-5-8-11-9-6-7-10/h6-7,11H,2-5,8-9H2,1H3. The van der Waals surface area contributed by atoms with Gasteiger partial charge in [-0.15, -0.1) is 0 Å². The van der Waals surface area contributed by atoms with Crippen LogP contribution in [-0.4, -0.2) is 13.1 Å². The Balaban J connectivity index is 2.79. The predicted molar refractivity (Wildman–Crippen MR) is 52.0 cm³/mol. The maximum atomic E-state index is 5.34. The highest BCUT2D eigenvalue weighted by molar-refractivity contribution is 6.25. The maximum Gasteiger partial charge on any atom is 0.0146 e. The maximum absolute atomic E-state index is 5.34. The molecule has 0 unspecified atom stereocenters. The van der Waals surface area contributed by atoms with Gasteiger partial charge in [-0.1, -0.05) is 43.9 Å². The zero-order valence-corrected chi connectivity index (χ0v) is 8.03. The Morgan fingerprint density at radius 3 is 2.73 bits per heavy atom. The van der Waals surface area contributed by atoms with Crippen LogP contribution in [0.3, 0.4) is 0 Å². The smallest absolute Gasteiger partial charge is 0.0146 e. The van der Waals surface area contributed by atoms with Crippen molar-refractivity contribution in [2.24, 2.45) is 0 Å². The molecule has 1 nitrogen and oxygen atoms in total. The Hall–Kier alpha value is -0.0100. The summed E-state index contributed by atoms with van der Waals surface area (Å²) < 4.78 is 0. The van der Waals surface area contributed by atoms with Gasteiger partial charge in [-0.3, -0.25) is 0 Å². The van der Waals surface area contributed by atoms with Crippen LogP contribution in [0.4, 0.5) is 0 Å². The molecule has 0 aromatic heterocycles. The second kappa shape index (κ2) is 9.99. The Bertz CT molecular complexity index is 91.6. The molecule has 0 atom stereocenters. The predicted octanol–water partition coefficient (Wildman–Crippen LogP) is 2.91. The third-order valence-electron chi connectivity index (χ3n) is 1.56. The van der Waals surface area contributed by atoms with Gasteiger partial charge in [0.1, 0.15) is 0 Å². The molecule has 2 heteroatoms. The Morgan fingerprint density at radius 2 is 2.09 bits per heavy atom. The van der Waals surface area contributed by atoms with Crippen LogP contribution in [-0.2, 0) is 0 Å². The average Bonchev–Trinajstić information content (AvgIpc) is 2.03. The van der Waals surface area contributed by atoms with Crippen molar-refractivity contribution in [1.29, 1.82) is 0 Å². The van der Waals surface area contributed by atoms with E-state index in [4.69, 9.17) is 11.6 Å². The number of nitrogens with one attached hydrogen (secondary N) is 1. The molecule has 0 bridgehead atoms. The van der Waals surface area contributed by atoms with Crippen LogP contribution >= 0.6 is 11.6 Å². The summed E-state index contributed by atoms with van der Waals surface area (Å²) in [6.07, 6.45) is 7.20. The summed E-state index contributed by atoms with van der Waals surface area (Å²) in [5, 5.41) is 3.27. The fourth-order valence-electron chi connectivity index (χ4n) is 0.907. The summed E-state index contributed by atoms with van der Waals surface area (Å²) in [6, 6.07) is 0. The van der Waals surface area contributed by atoms with Crippen molar-refractivity contribution in [3.8, 4) is 0 Å². The van der Waals surface area contributed by atoms with Crippen LogP contribution in [0.2, 0.25) is 0 Å². The summed E-state index contributed by atoms with van der Waals surface area (Å²) in [5.41, 5.74) is 1.55. The van der Waals surface area contributed by atoms with E-state index in [9.17, 15) is 0 Å². The van der Waals surface area contributed by atoms with E-state index < -0.39 is 0 Å². The fraction of sp³-hybridized carbons (Fsp3) is 0.778. The Labute approximate surface area is 74.8 Å². The van der Waals surface area contributed by atoms with Crippen LogP contribution in [0, 0.1) is 0 Å². The van der Waals surface area contributed by atoms with Gasteiger partial charge in [0.05, 0.1) is 0 Å². The molecule has 0 heterocycles. The van der Waals surface area contributed by atoms with E-state index in [-0.39, 0.29) is 0 Å². The van der Waals surface area contributed by atoms with Crippen molar-refractivity contribution >= 4 is 11.6 Å². The second-order valence-electron chi connectivity index (χ2n) is 2.63. The summed E-state index contributed by atoms with van der Waals surface area (Å²) in [6.45, 7) is 4.24. The molecule has 1 N–H and O–H groups in total. The van der Waals surface area contributed by atoms with Crippen molar-refractivity contribution in [2.45, 2.75) is 32.6 Å². The minimum Gasteiger partial charge on any atom is -0.313 e. The Morgan fingerprint density at radius 1 is 1.27 bits per heavy atom. The molecule has 0 fully saturated rings. The number of hydrogen-bond acceptors (Lipinski definition) is 1. The van der Waals surface area contributed by atoms with Crippen molar-refractivity contribution < 1.29 is 0 Å². The lowest BCUT2D eigenvalue weighted by Crippen LogP contribution is -2.14. The van der Waals surface area contributed by atoms with E-state index in [2.05, 4.69) is 12.2 Å². The molecule has 0 aliphatic carbocycles. The Kier molecular flexibility index (Phi) is 9.98. The van der Waals surface area contributed by atoms with Crippen LogP contribution < -0.4 is 5.32 Å². The fourth-order valence-corrected chi connectivity index (χ4v) is 0.996. The molecule has 0 aliphatic rings. The third kappa shape index (κ3) is 9.99. The SMILES string of the molecule is CCCCCCNCC=CCl. The lowest BCUT2D eigenvalue weighted by molar-refractivity contribution is 0.620. The van der Waals surface area contributed by atoms with E-state index >= 15 is 0 Å². The highest BCUT2D eigenvalue weighted by atomic mass is 35.5. The normalized spacial score (nSPS) is 11.1. The van der Waals surface area contributed by atoms with Crippen LogP contribution in [0.25, 0.3) is 0 Å². The summed E-state index contributed by atoms with van der Waals surface area (Å²) >= 11 is 5.34. The van der Waals surface area contributed by atoms with Crippen LogP contribution in [0.1, 0.15) is 32.6 Å². The zero-order valence-electron chi connectivity index (χ0n) is 7.28. The van der Waals surface area contributed by atoms with Gasteiger partial charge >= 0.3 is 0 Å². The van der Waals surface area contributed by atoms with E-state index in [0.29, 0.717) is 0 Å². The van der Waals surface area contributed by atoms with Gasteiger partial charge in [-0.05, 0) is 13.0 Å². The van der Waals surface area contributed by atoms with Gasteiger partial charge in [0.25, 0.3) is 0 Å².